The van der Waals surface area contributed by atoms with E-state index in [9.17, 15) is 22.4 Å². The minimum atomic E-state index is -3.10. The first-order chi connectivity index (χ1) is 14.2. The second-order valence-corrected chi connectivity index (χ2v) is 9.35. The number of para-hydroxylation sites is 1. The number of aromatic nitrogens is 2. The van der Waals surface area contributed by atoms with Gasteiger partial charge in [0.25, 0.3) is 5.91 Å². The molecular formula is C19H19ClFN3O5S. The number of nitrogens with one attached hydrogen (secondary N) is 1. The summed E-state index contributed by atoms with van der Waals surface area (Å²) in [5.41, 5.74) is 0.956. The number of hydrogen-bond donors (Lipinski definition) is 1. The van der Waals surface area contributed by atoms with Crippen molar-refractivity contribution in [2.75, 3.05) is 23.4 Å². The fraction of sp³-hybridized carbons (Fsp3) is 0.316. The molecule has 0 aliphatic carbocycles. The molecule has 1 aromatic carbocycles. The number of carbonyl (C=O) groups is 2. The molecule has 8 nitrogen and oxygen atoms in total. The topological polar surface area (TPSA) is 107 Å². The molecule has 1 aliphatic rings. The van der Waals surface area contributed by atoms with Crippen LogP contribution in [0.4, 0.5) is 10.1 Å². The SMILES string of the molecule is Cc1nn([C@@H]2CCS(=O)(=O)C2)c(Cl)c1/C=C/C(=O)OCC(=O)Nc1ccccc1F. The Bertz CT molecular complexity index is 1110. The van der Waals surface area contributed by atoms with Crippen LogP contribution in [0.3, 0.4) is 0 Å². The lowest BCUT2D eigenvalue weighted by Gasteiger charge is -2.09. The van der Waals surface area contributed by atoms with E-state index in [4.69, 9.17) is 16.3 Å². The Balaban J connectivity index is 1.58. The molecule has 2 heterocycles. The number of anilines is 1. The third-order valence-electron chi connectivity index (χ3n) is 4.50. The fourth-order valence-electron chi connectivity index (χ4n) is 3.02. The van der Waals surface area contributed by atoms with Crippen LogP contribution in [0, 0.1) is 12.7 Å². The Kier molecular flexibility index (Phi) is 6.57. The van der Waals surface area contributed by atoms with E-state index in [0.29, 0.717) is 17.7 Å². The highest BCUT2D eigenvalue weighted by Crippen LogP contribution is 2.30. The summed E-state index contributed by atoms with van der Waals surface area (Å²) in [6.07, 6.45) is 2.90. The first-order valence-corrected chi connectivity index (χ1v) is 11.2. The molecule has 11 heteroatoms. The summed E-state index contributed by atoms with van der Waals surface area (Å²) in [4.78, 5) is 23.7. The quantitative estimate of drug-likeness (QED) is 0.529. The molecule has 1 N–H and O–H groups in total. The molecule has 0 bridgehead atoms. The van der Waals surface area contributed by atoms with Crippen molar-refractivity contribution in [3.63, 3.8) is 0 Å². The van der Waals surface area contributed by atoms with Gasteiger partial charge in [0.1, 0.15) is 11.0 Å². The maximum absolute atomic E-state index is 13.5. The third-order valence-corrected chi connectivity index (χ3v) is 6.63. The highest BCUT2D eigenvalue weighted by Gasteiger charge is 2.31. The van der Waals surface area contributed by atoms with Crippen LogP contribution >= 0.6 is 11.6 Å². The Hall–Kier alpha value is -2.72. The van der Waals surface area contributed by atoms with Crippen LogP contribution in [-0.2, 0) is 24.2 Å². The number of esters is 1. The van der Waals surface area contributed by atoms with E-state index in [1.54, 1.807) is 13.0 Å². The van der Waals surface area contributed by atoms with Crippen LogP contribution in [0.2, 0.25) is 5.15 Å². The standard InChI is InChI=1S/C19H19ClFN3O5S/c1-12-14(19(20)24(23-12)13-8-9-30(27,28)11-13)6-7-18(26)29-10-17(25)22-16-5-3-2-4-15(16)21/h2-7,13H,8-11H2,1H3,(H,22,25)/b7-6+/t13-/m1/s1. The van der Waals surface area contributed by atoms with E-state index in [1.807, 2.05) is 0 Å². The van der Waals surface area contributed by atoms with Crippen molar-refractivity contribution in [2.45, 2.75) is 19.4 Å². The summed E-state index contributed by atoms with van der Waals surface area (Å²) < 4.78 is 43.2. The number of ether oxygens (including phenoxy) is 1. The number of aryl methyl sites for hydroxylation is 1. The highest BCUT2D eigenvalue weighted by molar-refractivity contribution is 7.91. The monoisotopic (exact) mass is 455 g/mol. The van der Waals surface area contributed by atoms with Crippen LogP contribution in [0.5, 0.6) is 0 Å². The van der Waals surface area contributed by atoms with Crippen LogP contribution in [0.15, 0.2) is 30.3 Å². The summed E-state index contributed by atoms with van der Waals surface area (Å²) in [6, 6.07) is 5.26. The zero-order valence-corrected chi connectivity index (χ0v) is 17.5. The second-order valence-electron chi connectivity index (χ2n) is 6.76. The normalized spacial score (nSPS) is 17.9. The number of carbonyl (C=O) groups excluding carboxylic acids is 2. The Morgan fingerprint density at radius 1 is 1.40 bits per heavy atom. The Morgan fingerprint density at radius 3 is 2.80 bits per heavy atom. The first kappa shape index (κ1) is 22.0. The smallest absolute Gasteiger partial charge is 0.331 e. The lowest BCUT2D eigenvalue weighted by atomic mass is 10.2. The van der Waals surface area contributed by atoms with Gasteiger partial charge in [0.05, 0.1) is 28.9 Å². The van der Waals surface area contributed by atoms with Crippen molar-refractivity contribution >= 4 is 45.1 Å². The molecule has 1 aliphatic heterocycles. The molecule has 3 rings (SSSR count). The minimum Gasteiger partial charge on any atom is -0.452 e. The van der Waals surface area contributed by atoms with Crippen molar-refractivity contribution in [1.29, 1.82) is 0 Å². The van der Waals surface area contributed by atoms with Crippen molar-refractivity contribution in [1.82, 2.24) is 9.78 Å². The van der Waals surface area contributed by atoms with Crippen molar-refractivity contribution in [3.8, 4) is 0 Å². The zero-order chi connectivity index (χ0) is 21.9. The lowest BCUT2D eigenvalue weighted by molar-refractivity contribution is -0.142. The molecule has 0 unspecified atom stereocenters. The van der Waals surface area contributed by atoms with E-state index in [2.05, 4.69) is 10.4 Å². The predicted octanol–water partition coefficient (Wildman–Crippen LogP) is 2.54. The van der Waals surface area contributed by atoms with Gasteiger partial charge in [-0.25, -0.2) is 22.3 Å². The molecule has 0 radical (unpaired) electrons. The number of benzene rings is 1. The van der Waals surface area contributed by atoms with Gasteiger partial charge in [-0.1, -0.05) is 23.7 Å². The van der Waals surface area contributed by atoms with Crippen molar-refractivity contribution in [2.24, 2.45) is 0 Å². The molecule has 1 amide bonds. The van der Waals surface area contributed by atoms with E-state index in [1.165, 1.54) is 29.0 Å². The number of hydrogen-bond acceptors (Lipinski definition) is 6. The maximum Gasteiger partial charge on any atom is 0.331 e. The molecular weight excluding hydrogens is 437 g/mol. The van der Waals surface area contributed by atoms with Gasteiger partial charge in [-0.3, -0.25) is 4.79 Å². The number of amides is 1. The van der Waals surface area contributed by atoms with Gasteiger partial charge in [-0.05, 0) is 31.6 Å². The van der Waals surface area contributed by atoms with Crippen LogP contribution in [-0.4, -0.2) is 48.2 Å². The molecule has 160 valence electrons. The molecule has 1 saturated heterocycles. The van der Waals surface area contributed by atoms with E-state index in [-0.39, 0.29) is 28.4 Å². The second kappa shape index (κ2) is 8.97. The summed E-state index contributed by atoms with van der Waals surface area (Å²) >= 11 is 6.32. The Morgan fingerprint density at radius 2 is 2.13 bits per heavy atom. The van der Waals surface area contributed by atoms with Crippen molar-refractivity contribution in [3.05, 3.63) is 52.6 Å². The van der Waals surface area contributed by atoms with E-state index in [0.717, 1.165) is 6.08 Å². The molecule has 1 atom stereocenters. The maximum atomic E-state index is 13.5. The van der Waals surface area contributed by atoms with Crippen LogP contribution in [0.25, 0.3) is 6.08 Å². The summed E-state index contributed by atoms with van der Waals surface area (Å²) in [6.45, 7) is 1.09. The minimum absolute atomic E-state index is 0.0159. The number of nitrogens with zero attached hydrogens (tertiary/aromatic N) is 2. The average molecular weight is 456 g/mol. The van der Waals surface area contributed by atoms with Crippen LogP contribution < -0.4 is 5.32 Å². The van der Waals surface area contributed by atoms with Gasteiger partial charge >= 0.3 is 5.97 Å². The number of rotatable bonds is 6. The van der Waals surface area contributed by atoms with Gasteiger partial charge < -0.3 is 10.1 Å². The number of halogens is 2. The van der Waals surface area contributed by atoms with Gasteiger partial charge in [-0.2, -0.15) is 5.10 Å². The van der Waals surface area contributed by atoms with E-state index < -0.39 is 34.1 Å². The summed E-state index contributed by atoms with van der Waals surface area (Å²) in [5.74, 6) is -2.04. The largest absolute Gasteiger partial charge is 0.452 e. The average Bonchev–Trinajstić information content (AvgIpc) is 3.18. The molecule has 0 saturated carbocycles. The van der Waals surface area contributed by atoms with Gasteiger partial charge in [0.2, 0.25) is 0 Å². The molecule has 30 heavy (non-hydrogen) atoms. The lowest BCUT2D eigenvalue weighted by Crippen LogP contribution is -2.20. The summed E-state index contributed by atoms with van der Waals surface area (Å²) in [7, 11) is -3.10. The van der Waals surface area contributed by atoms with Gasteiger partial charge in [0.15, 0.2) is 16.4 Å². The fourth-order valence-corrected chi connectivity index (χ4v) is 5.08. The van der Waals surface area contributed by atoms with Crippen LogP contribution in [0.1, 0.15) is 23.7 Å². The molecule has 2 aromatic rings. The predicted molar refractivity (Wildman–Crippen MR) is 109 cm³/mol. The van der Waals surface area contributed by atoms with Gasteiger partial charge in [0, 0.05) is 11.6 Å². The molecule has 1 aromatic heterocycles. The van der Waals surface area contributed by atoms with Crippen molar-refractivity contribution < 1.29 is 27.1 Å². The third kappa shape index (κ3) is 5.25. The van der Waals surface area contributed by atoms with Gasteiger partial charge in [-0.15, -0.1) is 0 Å². The van der Waals surface area contributed by atoms with E-state index >= 15 is 0 Å². The molecule has 1 fully saturated rings. The first-order valence-electron chi connectivity index (χ1n) is 9.00. The number of sulfone groups is 1. The zero-order valence-electron chi connectivity index (χ0n) is 16.0. The highest BCUT2D eigenvalue weighted by atomic mass is 35.5. The molecule has 0 spiro atoms. The summed E-state index contributed by atoms with van der Waals surface area (Å²) in [5, 5.41) is 6.80. The Labute approximate surface area is 177 Å².